The van der Waals surface area contributed by atoms with Gasteiger partial charge in [0.05, 0.1) is 11.5 Å². The summed E-state index contributed by atoms with van der Waals surface area (Å²) in [7, 11) is -2.80. The van der Waals surface area contributed by atoms with Gasteiger partial charge >= 0.3 is 0 Å². The second kappa shape index (κ2) is 6.61. The van der Waals surface area contributed by atoms with Crippen molar-refractivity contribution in [3.05, 3.63) is 54.4 Å². The van der Waals surface area contributed by atoms with Gasteiger partial charge in [-0.15, -0.1) is 0 Å². The minimum absolute atomic E-state index is 0.294. The SMILES string of the molecule is O=S1(=O)CCC(NCc2ccc(-c3ccnc4[nH]ccc34)cc2)CC1. The third-order valence-electron chi connectivity index (χ3n) is 4.87. The number of aromatic amines is 1. The molecule has 1 aliphatic rings. The van der Waals surface area contributed by atoms with E-state index in [9.17, 15) is 8.42 Å². The van der Waals surface area contributed by atoms with Crippen molar-refractivity contribution in [2.45, 2.75) is 25.4 Å². The van der Waals surface area contributed by atoms with Gasteiger partial charge in [-0.3, -0.25) is 0 Å². The van der Waals surface area contributed by atoms with Gasteiger partial charge in [0.15, 0.2) is 0 Å². The number of aromatic nitrogens is 2. The average Bonchev–Trinajstić information content (AvgIpc) is 3.10. The first kappa shape index (κ1) is 16.3. The Morgan fingerprint density at radius 1 is 1.08 bits per heavy atom. The van der Waals surface area contributed by atoms with Gasteiger partial charge in [-0.1, -0.05) is 24.3 Å². The standard InChI is InChI=1S/C19H21N3O2S/c23-25(24)11-7-16(8-12-25)22-13-14-1-3-15(4-2-14)17-5-9-20-19-18(17)6-10-21-19/h1-6,9-10,16,22H,7-8,11-13H2,(H,20,21). The Bertz CT molecular complexity index is 963. The van der Waals surface area contributed by atoms with Gasteiger partial charge in [0.1, 0.15) is 15.5 Å². The number of pyridine rings is 1. The fourth-order valence-corrected chi connectivity index (χ4v) is 4.86. The molecule has 2 N–H and O–H groups in total. The average molecular weight is 355 g/mol. The molecule has 130 valence electrons. The first-order valence-electron chi connectivity index (χ1n) is 8.56. The molecule has 0 aliphatic carbocycles. The van der Waals surface area contributed by atoms with Crippen molar-refractivity contribution in [1.29, 1.82) is 0 Å². The van der Waals surface area contributed by atoms with Crippen molar-refractivity contribution in [2.75, 3.05) is 11.5 Å². The van der Waals surface area contributed by atoms with Crippen molar-refractivity contribution in [3.8, 4) is 11.1 Å². The lowest BCUT2D eigenvalue weighted by atomic mass is 10.0. The molecule has 5 nitrogen and oxygen atoms in total. The van der Waals surface area contributed by atoms with E-state index in [-0.39, 0.29) is 0 Å². The number of rotatable bonds is 4. The molecule has 6 heteroatoms. The van der Waals surface area contributed by atoms with Crippen LogP contribution in [0.5, 0.6) is 0 Å². The monoisotopic (exact) mass is 355 g/mol. The van der Waals surface area contributed by atoms with E-state index in [1.807, 2.05) is 24.5 Å². The second-order valence-corrected chi connectivity index (χ2v) is 8.91. The summed E-state index contributed by atoms with van der Waals surface area (Å²) in [5.74, 6) is 0.608. The highest BCUT2D eigenvalue weighted by atomic mass is 32.2. The lowest BCUT2D eigenvalue weighted by Crippen LogP contribution is -2.37. The first-order chi connectivity index (χ1) is 12.1. The van der Waals surface area contributed by atoms with E-state index in [1.165, 1.54) is 16.7 Å². The summed E-state index contributed by atoms with van der Waals surface area (Å²) in [5, 5.41) is 4.60. The lowest BCUT2D eigenvalue weighted by Gasteiger charge is -2.23. The summed E-state index contributed by atoms with van der Waals surface area (Å²) in [6.45, 7) is 0.765. The number of sulfone groups is 1. The summed E-state index contributed by atoms with van der Waals surface area (Å²) in [4.78, 5) is 7.47. The van der Waals surface area contributed by atoms with E-state index in [1.54, 1.807) is 0 Å². The maximum Gasteiger partial charge on any atom is 0.150 e. The zero-order valence-electron chi connectivity index (χ0n) is 13.9. The third-order valence-corrected chi connectivity index (χ3v) is 6.59. The summed E-state index contributed by atoms with van der Waals surface area (Å²) in [6, 6.07) is 12.9. The van der Waals surface area contributed by atoms with E-state index < -0.39 is 9.84 Å². The van der Waals surface area contributed by atoms with Crippen LogP contribution in [0.25, 0.3) is 22.2 Å². The van der Waals surface area contributed by atoms with Gasteiger partial charge < -0.3 is 10.3 Å². The van der Waals surface area contributed by atoms with E-state index in [4.69, 9.17) is 0 Å². The van der Waals surface area contributed by atoms with Crippen molar-refractivity contribution in [2.24, 2.45) is 0 Å². The molecule has 0 saturated carbocycles. The van der Waals surface area contributed by atoms with Crippen molar-refractivity contribution in [3.63, 3.8) is 0 Å². The van der Waals surface area contributed by atoms with Crippen LogP contribution in [-0.4, -0.2) is 35.9 Å². The minimum atomic E-state index is -2.80. The molecule has 1 saturated heterocycles. The lowest BCUT2D eigenvalue weighted by molar-refractivity contribution is 0.463. The maximum absolute atomic E-state index is 11.5. The number of nitrogens with one attached hydrogen (secondary N) is 2. The van der Waals surface area contributed by atoms with Crippen LogP contribution in [0.1, 0.15) is 18.4 Å². The number of H-pyrrole nitrogens is 1. The Morgan fingerprint density at radius 2 is 1.84 bits per heavy atom. The van der Waals surface area contributed by atoms with Crippen LogP contribution in [0.15, 0.2) is 48.8 Å². The molecule has 25 heavy (non-hydrogen) atoms. The van der Waals surface area contributed by atoms with Gasteiger partial charge in [0.2, 0.25) is 0 Å². The first-order valence-corrected chi connectivity index (χ1v) is 10.4. The van der Waals surface area contributed by atoms with Gasteiger partial charge in [0, 0.05) is 30.4 Å². The molecule has 0 atom stereocenters. The number of benzene rings is 1. The zero-order valence-corrected chi connectivity index (χ0v) is 14.7. The number of hydrogen-bond acceptors (Lipinski definition) is 4. The molecule has 0 spiro atoms. The van der Waals surface area contributed by atoms with E-state index in [0.717, 1.165) is 17.6 Å². The molecular formula is C19H21N3O2S. The van der Waals surface area contributed by atoms with Crippen molar-refractivity contribution < 1.29 is 8.42 Å². The minimum Gasteiger partial charge on any atom is -0.346 e. The smallest absolute Gasteiger partial charge is 0.150 e. The van der Waals surface area contributed by atoms with E-state index in [0.29, 0.717) is 30.4 Å². The molecule has 1 aliphatic heterocycles. The number of fused-ring (bicyclic) bond motifs is 1. The Morgan fingerprint density at radius 3 is 2.60 bits per heavy atom. The number of nitrogens with zero attached hydrogens (tertiary/aromatic N) is 1. The Kier molecular flexibility index (Phi) is 4.31. The predicted octanol–water partition coefficient (Wildman–Crippen LogP) is 2.90. The van der Waals surface area contributed by atoms with Crippen LogP contribution in [-0.2, 0) is 16.4 Å². The van der Waals surface area contributed by atoms with Gasteiger partial charge in [-0.05, 0) is 41.7 Å². The molecule has 0 unspecified atom stereocenters. The topological polar surface area (TPSA) is 74.8 Å². The Labute approximate surface area is 147 Å². The Hall–Kier alpha value is -2.18. The Balaban J connectivity index is 1.43. The van der Waals surface area contributed by atoms with Gasteiger partial charge in [-0.2, -0.15) is 0 Å². The molecule has 1 aromatic carbocycles. The summed E-state index contributed by atoms with van der Waals surface area (Å²) in [5.41, 5.74) is 4.44. The van der Waals surface area contributed by atoms with Crippen LogP contribution in [0.2, 0.25) is 0 Å². The van der Waals surface area contributed by atoms with Crippen LogP contribution in [0.3, 0.4) is 0 Å². The molecular weight excluding hydrogens is 334 g/mol. The number of hydrogen-bond donors (Lipinski definition) is 2. The predicted molar refractivity (Wildman–Crippen MR) is 100 cm³/mol. The van der Waals surface area contributed by atoms with Crippen LogP contribution in [0, 0.1) is 0 Å². The largest absolute Gasteiger partial charge is 0.346 e. The van der Waals surface area contributed by atoms with Crippen molar-refractivity contribution >= 4 is 20.9 Å². The van der Waals surface area contributed by atoms with Crippen molar-refractivity contribution in [1.82, 2.24) is 15.3 Å². The molecule has 4 rings (SSSR count). The van der Waals surface area contributed by atoms with Crippen LogP contribution < -0.4 is 5.32 Å². The van der Waals surface area contributed by atoms with Gasteiger partial charge in [-0.25, -0.2) is 13.4 Å². The summed E-state index contributed by atoms with van der Waals surface area (Å²) >= 11 is 0. The highest BCUT2D eigenvalue weighted by Gasteiger charge is 2.22. The summed E-state index contributed by atoms with van der Waals surface area (Å²) in [6.07, 6.45) is 5.15. The van der Waals surface area contributed by atoms with Gasteiger partial charge in [0.25, 0.3) is 0 Å². The fraction of sp³-hybridized carbons (Fsp3) is 0.316. The molecule has 0 radical (unpaired) electrons. The van der Waals surface area contributed by atoms with Crippen LogP contribution in [0.4, 0.5) is 0 Å². The molecule has 2 aromatic heterocycles. The maximum atomic E-state index is 11.5. The van der Waals surface area contributed by atoms with E-state index >= 15 is 0 Å². The molecule has 3 aromatic rings. The fourth-order valence-electron chi connectivity index (χ4n) is 3.37. The third kappa shape index (κ3) is 3.60. The normalized spacial score (nSPS) is 17.8. The van der Waals surface area contributed by atoms with Crippen LogP contribution >= 0.6 is 0 Å². The molecule has 1 fully saturated rings. The van der Waals surface area contributed by atoms with E-state index in [2.05, 4.69) is 39.6 Å². The molecule has 0 amide bonds. The second-order valence-electron chi connectivity index (χ2n) is 6.60. The quantitative estimate of drug-likeness (QED) is 0.755. The highest BCUT2D eigenvalue weighted by molar-refractivity contribution is 7.91. The molecule has 3 heterocycles. The molecule has 0 bridgehead atoms. The highest BCUT2D eigenvalue weighted by Crippen LogP contribution is 2.27. The summed E-state index contributed by atoms with van der Waals surface area (Å²) < 4.78 is 23.0. The zero-order chi connectivity index (χ0) is 17.3.